The van der Waals surface area contributed by atoms with Gasteiger partial charge in [-0.25, -0.2) is 0 Å². The first-order valence-electron chi connectivity index (χ1n) is 9.59. The van der Waals surface area contributed by atoms with E-state index < -0.39 is 7.92 Å². The lowest BCUT2D eigenvalue weighted by Crippen LogP contribution is -2.26. The molecule has 4 aromatic carbocycles. The molecule has 0 bridgehead atoms. The number of hydrogen-bond acceptors (Lipinski definition) is 1. The van der Waals surface area contributed by atoms with Crippen LogP contribution in [0.15, 0.2) is 121 Å². The van der Waals surface area contributed by atoms with Gasteiger partial charge >= 0.3 is 0 Å². The Kier molecular flexibility index (Phi) is 5.97. The van der Waals surface area contributed by atoms with Crippen molar-refractivity contribution in [3.05, 3.63) is 132 Å². The van der Waals surface area contributed by atoms with Crippen LogP contribution in [0, 0.1) is 0 Å². The molecule has 2 atom stereocenters. The molecule has 0 heterocycles. The second-order valence-electron chi connectivity index (χ2n) is 6.83. The molecule has 0 aliphatic rings. The Morgan fingerprint density at radius 3 is 1.25 bits per heavy atom. The first kappa shape index (κ1) is 18.6. The van der Waals surface area contributed by atoms with E-state index in [1.807, 2.05) is 6.07 Å². The number of benzene rings is 4. The van der Waals surface area contributed by atoms with Gasteiger partial charge < -0.3 is 5.73 Å². The molecule has 0 spiro atoms. The summed E-state index contributed by atoms with van der Waals surface area (Å²) >= 11 is 0. The summed E-state index contributed by atoms with van der Waals surface area (Å²) in [7, 11) is -0.679. The fourth-order valence-electron chi connectivity index (χ4n) is 3.67. The van der Waals surface area contributed by atoms with Gasteiger partial charge in [0.1, 0.15) is 0 Å². The van der Waals surface area contributed by atoms with Gasteiger partial charge in [-0.05, 0) is 29.7 Å². The van der Waals surface area contributed by atoms with Gasteiger partial charge in [0, 0.05) is 11.7 Å². The molecule has 0 aliphatic heterocycles. The standard InChI is InChI=1S/C26H24NP/c27-25(21-13-5-1-6-14-21)26(22-15-7-2-8-16-22)28(23-17-9-3-10-18-23)24-19-11-4-12-20-24/h1-20,25-26H,27H2/t25?,26-/m0/s1. The van der Waals surface area contributed by atoms with Crippen LogP contribution >= 0.6 is 7.92 Å². The Hall–Kier alpha value is -2.73. The predicted molar refractivity (Wildman–Crippen MR) is 122 cm³/mol. The molecule has 4 rings (SSSR count). The maximum Gasteiger partial charge on any atom is 0.0410 e. The van der Waals surface area contributed by atoms with Gasteiger partial charge in [0.2, 0.25) is 0 Å². The lowest BCUT2D eigenvalue weighted by atomic mass is 9.99. The van der Waals surface area contributed by atoms with Crippen LogP contribution < -0.4 is 16.3 Å². The summed E-state index contributed by atoms with van der Waals surface area (Å²) in [6, 6.07) is 42.8. The molecule has 138 valence electrons. The van der Waals surface area contributed by atoms with Crippen molar-refractivity contribution in [1.29, 1.82) is 0 Å². The van der Waals surface area contributed by atoms with Gasteiger partial charge in [-0.3, -0.25) is 0 Å². The van der Waals surface area contributed by atoms with Crippen LogP contribution in [0.1, 0.15) is 22.8 Å². The summed E-state index contributed by atoms with van der Waals surface area (Å²) in [5.41, 5.74) is 9.61. The zero-order valence-corrected chi connectivity index (χ0v) is 16.6. The highest BCUT2D eigenvalue weighted by atomic mass is 31.1. The molecule has 0 aliphatic carbocycles. The molecule has 2 N–H and O–H groups in total. The molecule has 28 heavy (non-hydrogen) atoms. The van der Waals surface area contributed by atoms with E-state index in [0.29, 0.717) is 0 Å². The van der Waals surface area contributed by atoms with E-state index in [4.69, 9.17) is 5.73 Å². The summed E-state index contributed by atoms with van der Waals surface area (Å²) in [6.45, 7) is 0. The van der Waals surface area contributed by atoms with Crippen molar-refractivity contribution >= 4 is 18.5 Å². The smallest absolute Gasteiger partial charge is 0.0410 e. The fraction of sp³-hybridized carbons (Fsp3) is 0.0769. The van der Waals surface area contributed by atoms with Crippen molar-refractivity contribution in [3.63, 3.8) is 0 Å². The van der Waals surface area contributed by atoms with Gasteiger partial charge in [0.15, 0.2) is 0 Å². The zero-order chi connectivity index (χ0) is 19.2. The van der Waals surface area contributed by atoms with E-state index in [-0.39, 0.29) is 11.7 Å². The van der Waals surface area contributed by atoms with E-state index >= 15 is 0 Å². The quantitative estimate of drug-likeness (QED) is 0.435. The SMILES string of the molecule is NC(c1ccccc1)[C@H](c1ccccc1)P(c1ccccc1)c1ccccc1. The molecule has 0 amide bonds. The Bertz CT molecular complexity index is 932. The molecular formula is C26H24NP. The Morgan fingerprint density at radius 2 is 0.821 bits per heavy atom. The van der Waals surface area contributed by atoms with Crippen LogP contribution in [0.25, 0.3) is 0 Å². The van der Waals surface area contributed by atoms with Crippen LogP contribution in [0.5, 0.6) is 0 Å². The average Bonchev–Trinajstić information content (AvgIpc) is 2.79. The Labute approximate surface area is 168 Å². The first-order valence-corrected chi connectivity index (χ1v) is 11.0. The molecule has 1 nitrogen and oxygen atoms in total. The minimum absolute atomic E-state index is 0.0878. The lowest BCUT2D eigenvalue weighted by Gasteiger charge is -2.34. The molecule has 4 aromatic rings. The maximum absolute atomic E-state index is 6.96. The largest absolute Gasteiger partial charge is 0.323 e. The average molecular weight is 381 g/mol. The highest BCUT2D eigenvalue weighted by Gasteiger charge is 2.31. The van der Waals surface area contributed by atoms with Crippen molar-refractivity contribution in [2.45, 2.75) is 11.7 Å². The molecule has 0 aromatic heterocycles. The predicted octanol–water partition coefficient (Wildman–Crippen LogP) is 5.56. The molecule has 2 heteroatoms. The molecular weight excluding hydrogens is 357 g/mol. The summed E-state index contributed by atoms with van der Waals surface area (Å²) in [6.07, 6.45) is 0. The minimum atomic E-state index is -0.679. The lowest BCUT2D eigenvalue weighted by molar-refractivity contribution is 0.700. The summed E-state index contributed by atoms with van der Waals surface area (Å²) in [5, 5.41) is 2.70. The van der Waals surface area contributed by atoms with Gasteiger partial charge in [-0.1, -0.05) is 121 Å². The van der Waals surface area contributed by atoms with Gasteiger partial charge in [-0.15, -0.1) is 0 Å². The van der Waals surface area contributed by atoms with Crippen LogP contribution in [0.2, 0.25) is 0 Å². The van der Waals surface area contributed by atoms with Crippen molar-refractivity contribution < 1.29 is 0 Å². The molecule has 0 radical (unpaired) electrons. The summed E-state index contributed by atoms with van der Waals surface area (Å²) in [5.74, 6) is 0. The van der Waals surface area contributed by atoms with E-state index in [9.17, 15) is 0 Å². The van der Waals surface area contributed by atoms with Crippen molar-refractivity contribution in [2.75, 3.05) is 0 Å². The third-order valence-electron chi connectivity index (χ3n) is 5.01. The second-order valence-corrected chi connectivity index (χ2v) is 9.16. The van der Waals surface area contributed by atoms with Gasteiger partial charge in [-0.2, -0.15) is 0 Å². The first-order chi connectivity index (χ1) is 13.8. The van der Waals surface area contributed by atoms with E-state index in [0.717, 1.165) is 0 Å². The normalized spacial score (nSPS) is 13.2. The topological polar surface area (TPSA) is 26.0 Å². The van der Waals surface area contributed by atoms with Gasteiger partial charge in [0.25, 0.3) is 0 Å². The highest BCUT2D eigenvalue weighted by molar-refractivity contribution is 7.73. The number of hydrogen-bond donors (Lipinski definition) is 1. The number of nitrogens with two attached hydrogens (primary N) is 1. The summed E-state index contributed by atoms with van der Waals surface area (Å²) < 4.78 is 0. The van der Waals surface area contributed by atoms with Crippen LogP contribution in [0.4, 0.5) is 0 Å². The second kappa shape index (κ2) is 8.97. The summed E-state index contributed by atoms with van der Waals surface area (Å²) in [4.78, 5) is 0. The Balaban J connectivity index is 1.89. The Morgan fingerprint density at radius 1 is 0.464 bits per heavy atom. The molecule has 0 saturated heterocycles. The highest BCUT2D eigenvalue weighted by Crippen LogP contribution is 2.54. The van der Waals surface area contributed by atoms with Crippen LogP contribution in [0.3, 0.4) is 0 Å². The van der Waals surface area contributed by atoms with Crippen molar-refractivity contribution in [3.8, 4) is 0 Å². The van der Waals surface area contributed by atoms with Crippen molar-refractivity contribution in [2.24, 2.45) is 5.73 Å². The number of rotatable bonds is 6. The van der Waals surface area contributed by atoms with Crippen LogP contribution in [-0.2, 0) is 0 Å². The third kappa shape index (κ3) is 4.07. The molecule has 0 fully saturated rings. The van der Waals surface area contributed by atoms with Gasteiger partial charge in [0.05, 0.1) is 0 Å². The minimum Gasteiger partial charge on any atom is -0.323 e. The van der Waals surface area contributed by atoms with E-state index in [2.05, 4.69) is 115 Å². The zero-order valence-electron chi connectivity index (χ0n) is 15.7. The molecule has 1 unspecified atom stereocenters. The fourth-order valence-corrected chi connectivity index (χ4v) is 6.56. The monoisotopic (exact) mass is 381 g/mol. The van der Waals surface area contributed by atoms with Crippen LogP contribution in [-0.4, -0.2) is 0 Å². The van der Waals surface area contributed by atoms with E-state index in [1.165, 1.54) is 21.7 Å². The third-order valence-corrected chi connectivity index (χ3v) is 7.90. The van der Waals surface area contributed by atoms with Crippen molar-refractivity contribution in [1.82, 2.24) is 0 Å². The van der Waals surface area contributed by atoms with E-state index in [1.54, 1.807) is 0 Å². The molecule has 0 saturated carbocycles. The maximum atomic E-state index is 6.96.